The summed E-state index contributed by atoms with van der Waals surface area (Å²) in [7, 11) is 0. The number of rotatable bonds is 4. The third-order valence-electron chi connectivity index (χ3n) is 2.50. The highest BCUT2D eigenvalue weighted by Gasteiger charge is 2.15. The van der Waals surface area contributed by atoms with E-state index in [1.807, 2.05) is 6.92 Å². The maximum atomic E-state index is 10.7. The van der Waals surface area contributed by atoms with E-state index in [1.165, 1.54) is 12.1 Å². The molecular weight excluding hydrogens is 236 g/mol. The molecule has 2 aromatic rings. The molecule has 2 rings (SSSR count). The molecule has 0 aliphatic heterocycles. The van der Waals surface area contributed by atoms with E-state index < -0.39 is 4.92 Å². The van der Waals surface area contributed by atoms with Crippen molar-refractivity contribution in [2.45, 2.75) is 13.3 Å². The van der Waals surface area contributed by atoms with Crippen LogP contribution >= 0.6 is 0 Å². The van der Waals surface area contributed by atoms with Crippen molar-refractivity contribution in [3.8, 4) is 11.5 Å². The van der Waals surface area contributed by atoms with E-state index in [9.17, 15) is 10.1 Å². The van der Waals surface area contributed by atoms with Gasteiger partial charge in [-0.05, 0) is 19.0 Å². The molecule has 1 heterocycles. The lowest BCUT2D eigenvalue weighted by Crippen LogP contribution is -2.03. The summed E-state index contributed by atoms with van der Waals surface area (Å²) in [4.78, 5) is 14.4. The Bertz CT molecular complexity index is 579. The summed E-state index contributed by atoms with van der Waals surface area (Å²) in [6.45, 7) is 2.25. The molecule has 0 saturated heterocycles. The molecular formula is C11H12N4O3. The van der Waals surface area contributed by atoms with Crippen LogP contribution in [-0.2, 0) is 6.42 Å². The smallest absolute Gasteiger partial charge is 0.270 e. The van der Waals surface area contributed by atoms with E-state index in [4.69, 9.17) is 10.3 Å². The number of aryl methyl sites for hydroxylation is 1. The normalized spacial score (nSPS) is 10.6. The van der Waals surface area contributed by atoms with Gasteiger partial charge in [0, 0.05) is 24.1 Å². The zero-order valence-corrected chi connectivity index (χ0v) is 9.79. The topological polar surface area (TPSA) is 108 Å². The van der Waals surface area contributed by atoms with Gasteiger partial charge in [-0.25, -0.2) is 0 Å². The molecule has 0 fully saturated rings. The first kappa shape index (κ1) is 12.2. The highest BCUT2D eigenvalue weighted by molar-refractivity contribution is 5.62. The lowest BCUT2D eigenvalue weighted by Gasteiger charge is -1.99. The number of nitro benzene ring substituents is 1. The minimum absolute atomic E-state index is 0.00539. The number of nitrogens with zero attached hydrogens (tertiary/aromatic N) is 3. The van der Waals surface area contributed by atoms with Crippen LogP contribution in [-0.4, -0.2) is 21.6 Å². The average Bonchev–Trinajstić information content (AvgIpc) is 2.78. The van der Waals surface area contributed by atoms with Gasteiger partial charge in [0.1, 0.15) is 0 Å². The second-order valence-electron chi connectivity index (χ2n) is 3.81. The molecule has 0 saturated carbocycles. The van der Waals surface area contributed by atoms with Gasteiger partial charge in [-0.1, -0.05) is 11.2 Å². The molecule has 0 amide bonds. The number of aromatic nitrogens is 2. The Hall–Kier alpha value is -2.28. The number of benzene rings is 1. The lowest BCUT2D eigenvalue weighted by molar-refractivity contribution is -0.384. The largest absolute Gasteiger partial charge is 0.334 e. The third-order valence-corrected chi connectivity index (χ3v) is 2.50. The Morgan fingerprint density at radius 2 is 2.28 bits per heavy atom. The van der Waals surface area contributed by atoms with Gasteiger partial charge in [-0.3, -0.25) is 10.1 Å². The van der Waals surface area contributed by atoms with Gasteiger partial charge >= 0.3 is 0 Å². The molecule has 0 bridgehead atoms. The fourth-order valence-electron chi connectivity index (χ4n) is 1.55. The molecule has 0 unspecified atom stereocenters. The Balaban J connectivity index is 2.41. The number of hydrogen-bond acceptors (Lipinski definition) is 6. The van der Waals surface area contributed by atoms with Crippen molar-refractivity contribution in [1.82, 2.24) is 10.1 Å². The Morgan fingerprint density at radius 3 is 2.94 bits per heavy atom. The van der Waals surface area contributed by atoms with E-state index in [2.05, 4.69) is 10.1 Å². The molecule has 0 spiro atoms. The second kappa shape index (κ2) is 4.92. The monoisotopic (exact) mass is 248 g/mol. The van der Waals surface area contributed by atoms with Crippen LogP contribution in [0.1, 0.15) is 11.4 Å². The summed E-state index contributed by atoms with van der Waals surface area (Å²) >= 11 is 0. The Morgan fingerprint density at radius 1 is 1.50 bits per heavy atom. The van der Waals surface area contributed by atoms with Gasteiger partial charge in [-0.15, -0.1) is 0 Å². The van der Waals surface area contributed by atoms with Gasteiger partial charge in [0.05, 0.1) is 4.92 Å². The standard InChI is InChI=1S/C11H12N4O3/c1-7-2-3-8(15(16)17)6-9(7)11-13-10(4-5-12)14-18-11/h2-3,6H,4-5,12H2,1H3. The fraction of sp³-hybridized carbons (Fsp3) is 0.273. The first-order chi connectivity index (χ1) is 8.61. The molecule has 1 aromatic carbocycles. The fourth-order valence-corrected chi connectivity index (χ4v) is 1.55. The van der Waals surface area contributed by atoms with E-state index in [-0.39, 0.29) is 11.6 Å². The SMILES string of the molecule is Cc1ccc([N+](=O)[O-])cc1-c1nc(CCN)no1. The average molecular weight is 248 g/mol. The predicted octanol–water partition coefficient (Wildman–Crippen LogP) is 1.45. The molecule has 18 heavy (non-hydrogen) atoms. The minimum Gasteiger partial charge on any atom is -0.334 e. The summed E-state index contributed by atoms with van der Waals surface area (Å²) in [6.07, 6.45) is 0.511. The van der Waals surface area contributed by atoms with E-state index in [0.29, 0.717) is 24.4 Å². The maximum Gasteiger partial charge on any atom is 0.270 e. The van der Waals surface area contributed by atoms with Crippen LogP contribution in [0.4, 0.5) is 5.69 Å². The van der Waals surface area contributed by atoms with Crippen molar-refractivity contribution >= 4 is 5.69 Å². The zero-order chi connectivity index (χ0) is 13.1. The summed E-state index contributed by atoms with van der Waals surface area (Å²) < 4.78 is 5.08. The molecule has 94 valence electrons. The van der Waals surface area contributed by atoms with Crippen LogP contribution in [0.15, 0.2) is 22.7 Å². The van der Waals surface area contributed by atoms with Crippen molar-refractivity contribution in [2.24, 2.45) is 5.73 Å². The van der Waals surface area contributed by atoms with Crippen molar-refractivity contribution in [2.75, 3.05) is 6.54 Å². The van der Waals surface area contributed by atoms with Crippen LogP contribution in [0.25, 0.3) is 11.5 Å². The maximum absolute atomic E-state index is 10.7. The van der Waals surface area contributed by atoms with Gasteiger partial charge in [-0.2, -0.15) is 4.98 Å². The quantitative estimate of drug-likeness (QED) is 0.648. The molecule has 7 heteroatoms. The molecule has 7 nitrogen and oxygen atoms in total. The first-order valence-corrected chi connectivity index (χ1v) is 5.40. The predicted molar refractivity (Wildman–Crippen MR) is 63.9 cm³/mol. The Labute approximate surface area is 103 Å². The summed E-state index contributed by atoms with van der Waals surface area (Å²) in [5, 5.41) is 14.5. The number of nitro groups is 1. The van der Waals surface area contributed by atoms with Gasteiger partial charge in [0.25, 0.3) is 11.6 Å². The van der Waals surface area contributed by atoms with E-state index >= 15 is 0 Å². The van der Waals surface area contributed by atoms with Crippen LogP contribution < -0.4 is 5.73 Å². The first-order valence-electron chi connectivity index (χ1n) is 5.40. The number of hydrogen-bond donors (Lipinski definition) is 1. The zero-order valence-electron chi connectivity index (χ0n) is 9.79. The van der Waals surface area contributed by atoms with Crippen LogP contribution in [0.5, 0.6) is 0 Å². The molecule has 1 aromatic heterocycles. The molecule has 0 atom stereocenters. The van der Waals surface area contributed by atoms with Crippen molar-refractivity contribution in [3.63, 3.8) is 0 Å². The summed E-state index contributed by atoms with van der Waals surface area (Å²) in [6, 6.07) is 4.52. The molecule has 0 radical (unpaired) electrons. The Kier molecular flexibility index (Phi) is 3.33. The van der Waals surface area contributed by atoms with Crippen LogP contribution in [0, 0.1) is 17.0 Å². The van der Waals surface area contributed by atoms with E-state index in [1.54, 1.807) is 6.07 Å². The van der Waals surface area contributed by atoms with Crippen molar-refractivity contribution in [1.29, 1.82) is 0 Å². The molecule has 2 N–H and O–H groups in total. The minimum atomic E-state index is -0.458. The van der Waals surface area contributed by atoms with Crippen molar-refractivity contribution < 1.29 is 9.45 Å². The van der Waals surface area contributed by atoms with Gasteiger partial charge in [0.2, 0.25) is 0 Å². The third kappa shape index (κ3) is 2.35. The highest BCUT2D eigenvalue weighted by atomic mass is 16.6. The van der Waals surface area contributed by atoms with Gasteiger partial charge in [0.15, 0.2) is 5.82 Å². The summed E-state index contributed by atoms with van der Waals surface area (Å²) in [5.41, 5.74) is 6.79. The number of non-ortho nitro benzene ring substituents is 1. The number of nitrogens with two attached hydrogens (primary N) is 1. The second-order valence-corrected chi connectivity index (χ2v) is 3.81. The molecule has 0 aliphatic carbocycles. The van der Waals surface area contributed by atoms with Gasteiger partial charge < -0.3 is 10.3 Å². The van der Waals surface area contributed by atoms with Crippen LogP contribution in [0.2, 0.25) is 0 Å². The lowest BCUT2D eigenvalue weighted by atomic mass is 10.1. The molecule has 0 aliphatic rings. The van der Waals surface area contributed by atoms with E-state index in [0.717, 1.165) is 5.56 Å². The van der Waals surface area contributed by atoms with Crippen molar-refractivity contribution in [3.05, 3.63) is 39.7 Å². The summed E-state index contributed by atoms with van der Waals surface area (Å²) in [5.74, 6) is 0.776. The van der Waals surface area contributed by atoms with Crippen LogP contribution in [0.3, 0.4) is 0 Å². The highest BCUT2D eigenvalue weighted by Crippen LogP contribution is 2.26.